The molecule has 1 aromatic carbocycles. The Morgan fingerprint density at radius 3 is 2.46 bits per heavy atom. The smallest absolute Gasteiger partial charge is 0.271 e. The summed E-state index contributed by atoms with van der Waals surface area (Å²) in [5.74, 6) is 3.12. The van der Waals surface area contributed by atoms with Crippen molar-refractivity contribution in [2.24, 2.45) is 0 Å². The van der Waals surface area contributed by atoms with Crippen LogP contribution in [-0.4, -0.2) is 41.5 Å². The van der Waals surface area contributed by atoms with Crippen LogP contribution in [0.3, 0.4) is 0 Å². The number of hydrogen-bond acceptors (Lipinski definition) is 6. The summed E-state index contributed by atoms with van der Waals surface area (Å²) in [5, 5.41) is 17.8. The van der Waals surface area contributed by atoms with Crippen LogP contribution in [0, 0.1) is 13.8 Å². The van der Waals surface area contributed by atoms with Gasteiger partial charge in [0, 0.05) is 5.69 Å². The number of hydrogen-bond donors (Lipinski definition) is 2. The number of aryl methyl sites for hydroxylation is 2. The van der Waals surface area contributed by atoms with E-state index in [9.17, 15) is 5.11 Å². The number of quaternary nitrogens is 1. The Kier molecular flexibility index (Phi) is 4.38. The Hall–Kier alpha value is -2.80. The predicted molar refractivity (Wildman–Crippen MR) is 96.2 cm³/mol. The Balaban J connectivity index is 1.36. The number of nitrogens with one attached hydrogen (secondary N) is 1. The third kappa shape index (κ3) is 3.43. The van der Waals surface area contributed by atoms with Crippen molar-refractivity contribution in [3.05, 3.63) is 47.7 Å². The van der Waals surface area contributed by atoms with Crippen LogP contribution in [0.2, 0.25) is 0 Å². The first-order valence-corrected chi connectivity index (χ1v) is 8.86. The SMILES string of the molecule is Cc1cc(-c2nnc(C[NH+]3CCN(c4ccc(O)cc4)CC3)o2)c(C)o1. The predicted octanol–water partition coefficient (Wildman–Crippen LogP) is 1.56. The number of phenolic OH excluding ortho intramolecular Hbond substituents is 1. The van der Waals surface area contributed by atoms with Crippen molar-refractivity contribution in [2.75, 3.05) is 31.1 Å². The zero-order valence-electron chi connectivity index (χ0n) is 15.0. The number of aromatic nitrogens is 2. The van der Waals surface area contributed by atoms with Gasteiger partial charge in [-0.1, -0.05) is 0 Å². The van der Waals surface area contributed by atoms with Crippen LogP contribution in [0.1, 0.15) is 17.4 Å². The molecule has 0 atom stereocenters. The lowest BCUT2D eigenvalue weighted by molar-refractivity contribution is -0.915. The summed E-state index contributed by atoms with van der Waals surface area (Å²) < 4.78 is 11.4. The fourth-order valence-electron chi connectivity index (χ4n) is 3.41. The Morgan fingerprint density at radius 1 is 1.08 bits per heavy atom. The van der Waals surface area contributed by atoms with E-state index in [0.717, 1.165) is 55.5 Å². The van der Waals surface area contributed by atoms with Gasteiger partial charge in [-0.05, 0) is 44.2 Å². The van der Waals surface area contributed by atoms with E-state index < -0.39 is 0 Å². The van der Waals surface area contributed by atoms with E-state index >= 15 is 0 Å². The highest BCUT2D eigenvalue weighted by molar-refractivity contribution is 5.55. The Bertz CT molecular complexity index is 877. The fraction of sp³-hybridized carbons (Fsp3) is 0.368. The van der Waals surface area contributed by atoms with Crippen molar-refractivity contribution < 1.29 is 18.8 Å². The quantitative estimate of drug-likeness (QED) is 0.739. The van der Waals surface area contributed by atoms with Crippen LogP contribution >= 0.6 is 0 Å². The number of piperazine rings is 1. The molecule has 1 aliphatic rings. The minimum absolute atomic E-state index is 0.299. The molecule has 7 nitrogen and oxygen atoms in total. The van der Waals surface area contributed by atoms with Gasteiger partial charge in [-0.3, -0.25) is 0 Å². The summed E-state index contributed by atoms with van der Waals surface area (Å²) in [6.45, 7) is 8.46. The lowest BCUT2D eigenvalue weighted by atomic mass is 10.2. The van der Waals surface area contributed by atoms with Crippen LogP contribution in [0.15, 0.2) is 39.2 Å². The van der Waals surface area contributed by atoms with E-state index in [4.69, 9.17) is 8.83 Å². The topological polar surface area (TPSA) is 80.0 Å². The van der Waals surface area contributed by atoms with Crippen molar-refractivity contribution in [3.63, 3.8) is 0 Å². The van der Waals surface area contributed by atoms with Gasteiger partial charge in [-0.15, -0.1) is 10.2 Å². The molecule has 3 heterocycles. The van der Waals surface area contributed by atoms with Crippen molar-refractivity contribution in [3.8, 4) is 17.2 Å². The maximum absolute atomic E-state index is 9.41. The highest BCUT2D eigenvalue weighted by Gasteiger charge is 2.23. The molecule has 0 spiro atoms. The van der Waals surface area contributed by atoms with Crippen molar-refractivity contribution >= 4 is 5.69 Å². The summed E-state index contributed by atoms with van der Waals surface area (Å²) in [6, 6.07) is 9.30. The van der Waals surface area contributed by atoms with Crippen LogP contribution in [-0.2, 0) is 6.54 Å². The van der Waals surface area contributed by atoms with Gasteiger partial charge in [-0.25, -0.2) is 0 Å². The fourth-order valence-corrected chi connectivity index (χ4v) is 3.41. The second-order valence-electron chi connectivity index (χ2n) is 6.76. The zero-order chi connectivity index (χ0) is 18.1. The lowest BCUT2D eigenvalue weighted by Gasteiger charge is -2.33. The van der Waals surface area contributed by atoms with Gasteiger partial charge >= 0.3 is 0 Å². The van der Waals surface area contributed by atoms with Gasteiger partial charge in [0.15, 0.2) is 6.54 Å². The van der Waals surface area contributed by atoms with Crippen molar-refractivity contribution in [1.29, 1.82) is 0 Å². The van der Waals surface area contributed by atoms with Crippen molar-refractivity contribution in [1.82, 2.24) is 10.2 Å². The standard InChI is InChI=1S/C19H22N4O3/c1-13-11-17(14(2)25-13)19-21-20-18(26-19)12-22-7-9-23(10-8-22)15-3-5-16(24)6-4-15/h3-6,11,24H,7-10,12H2,1-2H3/p+1. The van der Waals surface area contributed by atoms with E-state index in [-0.39, 0.29) is 0 Å². The maximum atomic E-state index is 9.41. The molecule has 1 saturated heterocycles. The number of phenols is 1. The number of rotatable bonds is 4. The van der Waals surface area contributed by atoms with Crippen LogP contribution in [0.4, 0.5) is 5.69 Å². The van der Waals surface area contributed by atoms with Gasteiger partial charge in [0.05, 0.1) is 31.7 Å². The number of anilines is 1. The number of aromatic hydroxyl groups is 1. The average molecular weight is 355 g/mol. The highest BCUT2D eigenvalue weighted by Crippen LogP contribution is 2.25. The molecule has 0 saturated carbocycles. The Morgan fingerprint density at radius 2 is 1.81 bits per heavy atom. The minimum Gasteiger partial charge on any atom is -0.508 e. The van der Waals surface area contributed by atoms with Gasteiger partial charge < -0.3 is 23.7 Å². The van der Waals surface area contributed by atoms with Gasteiger partial charge in [0.25, 0.3) is 11.8 Å². The summed E-state index contributed by atoms with van der Waals surface area (Å²) in [5.41, 5.74) is 2.01. The monoisotopic (exact) mass is 355 g/mol. The van der Waals surface area contributed by atoms with Crippen LogP contribution in [0.25, 0.3) is 11.5 Å². The van der Waals surface area contributed by atoms with Gasteiger partial charge in [-0.2, -0.15) is 0 Å². The molecule has 0 unspecified atom stereocenters. The first kappa shape index (κ1) is 16.7. The van der Waals surface area contributed by atoms with Crippen LogP contribution in [0.5, 0.6) is 5.75 Å². The molecule has 0 bridgehead atoms. The average Bonchev–Trinajstić information content (AvgIpc) is 3.22. The molecule has 0 radical (unpaired) electrons. The molecule has 0 aliphatic carbocycles. The van der Waals surface area contributed by atoms with Crippen LogP contribution < -0.4 is 9.80 Å². The second kappa shape index (κ2) is 6.84. The molecule has 4 rings (SSSR count). The summed E-state index contributed by atoms with van der Waals surface area (Å²) in [7, 11) is 0. The summed E-state index contributed by atoms with van der Waals surface area (Å²) >= 11 is 0. The second-order valence-corrected chi connectivity index (χ2v) is 6.76. The van der Waals surface area contributed by atoms with E-state index in [0.29, 0.717) is 17.5 Å². The largest absolute Gasteiger partial charge is 0.508 e. The highest BCUT2D eigenvalue weighted by atomic mass is 16.4. The molecule has 7 heteroatoms. The molecule has 2 aromatic heterocycles. The maximum Gasteiger partial charge on any atom is 0.271 e. The third-order valence-electron chi connectivity index (χ3n) is 4.82. The van der Waals surface area contributed by atoms with E-state index in [1.54, 1.807) is 12.1 Å². The molecule has 136 valence electrons. The third-order valence-corrected chi connectivity index (χ3v) is 4.82. The zero-order valence-corrected chi connectivity index (χ0v) is 15.0. The molecular weight excluding hydrogens is 332 g/mol. The van der Waals surface area contributed by atoms with E-state index in [1.807, 2.05) is 32.0 Å². The normalized spacial score (nSPS) is 15.5. The number of furan rings is 1. The molecule has 2 N–H and O–H groups in total. The number of benzene rings is 1. The molecule has 1 fully saturated rings. The van der Waals surface area contributed by atoms with Gasteiger partial charge in [0.2, 0.25) is 0 Å². The van der Waals surface area contributed by atoms with E-state index in [2.05, 4.69) is 15.1 Å². The first-order chi connectivity index (χ1) is 12.6. The lowest BCUT2D eigenvalue weighted by Crippen LogP contribution is -3.13. The molecular formula is C19H23N4O3+. The molecule has 0 amide bonds. The molecule has 3 aromatic rings. The van der Waals surface area contributed by atoms with Gasteiger partial charge in [0.1, 0.15) is 17.3 Å². The van der Waals surface area contributed by atoms with Crippen molar-refractivity contribution in [2.45, 2.75) is 20.4 Å². The molecule has 26 heavy (non-hydrogen) atoms. The van der Waals surface area contributed by atoms with E-state index in [1.165, 1.54) is 4.90 Å². The minimum atomic E-state index is 0.299. The first-order valence-electron chi connectivity index (χ1n) is 8.86. The number of nitrogens with zero attached hydrogens (tertiary/aromatic N) is 3. The summed E-state index contributed by atoms with van der Waals surface area (Å²) in [6.07, 6.45) is 0. The summed E-state index contributed by atoms with van der Waals surface area (Å²) in [4.78, 5) is 3.76. The molecule has 1 aliphatic heterocycles. The Labute approximate surface area is 151 Å².